The van der Waals surface area contributed by atoms with Crippen molar-refractivity contribution >= 4 is 21.4 Å². The normalized spacial score (nSPS) is 25.0. The summed E-state index contributed by atoms with van der Waals surface area (Å²) >= 11 is 5.30. The van der Waals surface area contributed by atoms with E-state index in [0.29, 0.717) is 0 Å². The maximum atomic E-state index is 10.6. The van der Waals surface area contributed by atoms with Crippen molar-refractivity contribution in [1.29, 1.82) is 0 Å². The van der Waals surface area contributed by atoms with Crippen molar-refractivity contribution in [2.75, 3.05) is 11.5 Å². The fourth-order valence-corrected chi connectivity index (χ4v) is 2.50. The van der Waals surface area contributed by atoms with Gasteiger partial charge in [-0.1, -0.05) is 11.6 Å². The quantitative estimate of drug-likeness (QED) is 0.571. The Morgan fingerprint density at radius 1 is 1.44 bits per heavy atom. The first-order valence-electron chi connectivity index (χ1n) is 2.28. The first-order chi connectivity index (χ1) is 4.01. The highest BCUT2D eigenvalue weighted by atomic mass is 35.5. The van der Waals surface area contributed by atoms with Gasteiger partial charge in [-0.05, 0) is 0 Å². The standard InChI is InChI=1S/C4H5ClO3S/c5-3-1-9(7,8)2-4(3)6/h6H,1-2H2. The van der Waals surface area contributed by atoms with Crippen LogP contribution in [0.4, 0.5) is 0 Å². The number of rotatable bonds is 0. The van der Waals surface area contributed by atoms with E-state index >= 15 is 0 Å². The molecule has 9 heavy (non-hydrogen) atoms. The Kier molecular flexibility index (Phi) is 1.44. The number of halogens is 1. The van der Waals surface area contributed by atoms with Crippen molar-refractivity contribution in [2.45, 2.75) is 0 Å². The Hall–Kier alpha value is -0.220. The number of aliphatic hydroxyl groups is 1. The first-order valence-corrected chi connectivity index (χ1v) is 4.48. The van der Waals surface area contributed by atoms with Crippen molar-refractivity contribution in [2.24, 2.45) is 0 Å². The van der Waals surface area contributed by atoms with Crippen LogP contribution >= 0.6 is 11.6 Å². The van der Waals surface area contributed by atoms with E-state index in [2.05, 4.69) is 0 Å². The van der Waals surface area contributed by atoms with E-state index in [4.69, 9.17) is 16.7 Å². The molecule has 0 saturated carbocycles. The summed E-state index contributed by atoms with van der Waals surface area (Å²) in [5.74, 6) is -0.719. The Morgan fingerprint density at radius 3 is 2.11 bits per heavy atom. The molecule has 0 spiro atoms. The van der Waals surface area contributed by atoms with Crippen LogP contribution in [-0.2, 0) is 9.84 Å². The molecule has 3 nitrogen and oxygen atoms in total. The molecule has 1 aliphatic rings. The third-order valence-corrected chi connectivity index (χ3v) is 2.97. The lowest BCUT2D eigenvalue weighted by molar-refractivity contribution is 0.415. The first kappa shape index (κ1) is 6.89. The summed E-state index contributed by atoms with van der Waals surface area (Å²) < 4.78 is 21.1. The van der Waals surface area contributed by atoms with Crippen LogP contribution in [-0.4, -0.2) is 25.0 Å². The molecule has 1 rings (SSSR count). The minimum Gasteiger partial charge on any atom is -0.510 e. The molecule has 0 bridgehead atoms. The number of hydrogen-bond acceptors (Lipinski definition) is 3. The summed E-state index contributed by atoms with van der Waals surface area (Å²) in [6.07, 6.45) is 0. The predicted molar refractivity (Wildman–Crippen MR) is 34.2 cm³/mol. The lowest BCUT2D eigenvalue weighted by atomic mass is 10.5. The molecule has 5 heteroatoms. The van der Waals surface area contributed by atoms with Gasteiger partial charge in [0.1, 0.15) is 11.5 Å². The maximum Gasteiger partial charge on any atom is 0.162 e. The molecule has 0 atom stereocenters. The molecule has 0 aromatic rings. The van der Waals surface area contributed by atoms with E-state index in [-0.39, 0.29) is 22.3 Å². The lowest BCUT2D eigenvalue weighted by Gasteiger charge is -1.85. The topological polar surface area (TPSA) is 54.4 Å². The molecule has 0 aliphatic carbocycles. The van der Waals surface area contributed by atoms with Crippen LogP contribution in [0.15, 0.2) is 10.8 Å². The summed E-state index contributed by atoms with van der Waals surface area (Å²) in [5, 5.41) is 8.75. The number of aliphatic hydroxyl groups excluding tert-OH is 1. The summed E-state index contributed by atoms with van der Waals surface area (Å²) in [4.78, 5) is 0. The molecule has 52 valence electrons. The molecular weight excluding hydrogens is 164 g/mol. The van der Waals surface area contributed by atoms with E-state index in [0.717, 1.165) is 0 Å². The van der Waals surface area contributed by atoms with Gasteiger partial charge in [-0.25, -0.2) is 8.42 Å². The second kappa shape index (κ2) is 1.88. The lowest BCUT2D eigenvalue weighted by Crippen LogP contribution is -2.02. The van der Waals surface area contributed by atoms with Crippen molar-refractivity contribution in [1.82, 2.24) is 0 Å². The smallest absolute Gasteiger partial charge is 0.162 e. The molecule has 0 fully saturated rings. The van der Waals surface area contributed by atoms with Gasteiger partial charge in [0.15, 0.2) is 9.84 Å². The summed E-state index contributed by atoms with van der Waals surface area (Å²) in [5.41, 5.74) is 0. The fraction of sp³-hybridized carbons (Fsp3) is 0.500. The Bertz CT molecular complexity index is 231. The molecule has 1 N–H and O–H groups in total. The van der Waals surface area contributed by atoms with Crippen LogP contribution in [0.3, 0.4) is 0 Å². The second-order valence-corrected chi connectivity index (χ2v) is 4.40. The monoisotopic (exact) mass is 168 g/mol. The highest BCUT2D eigenvalue weighted by Gasteiger charge is 2.25. The summed E-state index contributed by atoms with van der Waals surface area (Å²) in [6.45, 7) is 0. The van der Waals surface area contributed by atoms with Gasteiger partial charge in [-0.3, -0.25) is 0 Å². The highest BCUT2D eigenvalue weighted by Crippen LogP contribution is 2.19. The molecule has 0 radical (unpaired) electrons. The number of hydrogen-bond donors (Lipinski definition) is 1. The zero-order chi connectivity index (χ0) is 7.07. The minimum absolute atomic E-state index is 0.0509. The van der Waals surface area contributed by atoms with Gasteiger partial charge >= 0.3 is 0 Å². The molecule has 0 unspecified atom stereocenters. The third kappa shape index (κ3) is 1.37. The van der Waals surface area contributed by atoms with E-state index in [9.17, 15) is 8.42 Å². The third-order valence-electron chi connectivity index (χ3n) is 1.02. The van der Waals surface area contributed by atoms with Gasteiger partial charge in [0.25, 0.3) is 0 Å². The van der Waals surface area contributed by atoms with Crippen LogP contribution in [0.1, 0.15) is 0 Å². The van der Waals surface area contributed by atoms with Gasteiger partial charge in [0.2, 0.25) is 0 Å². The van der Waals surface area contributed by atoms with E-state index in [1.807, 2.05) is 0 Å². The molecule has 0 saturated heterocycles. The average molecular weight is 169 g/mol. The molecule has 0 aromatic carbocycles. The molecule has 0 aromatic heterocycles. The van der Waals surface area contributed by atoms with Crippen molar-refractivity contribution in [3.05, 3.63) is 10.8 Å². The highest BCUT2D eigenvalue weighted by molar-refractivity contribution is 7.92. The van der Waals surface area contributed by atoms with Crippen LogP contribution in [0, 0.1) is 0 Å². The van der Waals surface area contributed by atoms with Gasteiger partial charge in [-0.2, -0.15) is 0 Å². The van der Waals surface area contributed by atoms with Gasteiger partial charge in [-0.15, -0.1) is 0 Å². The van der Waals surface area contributed by atoms with E-state index < -0.39 is 9.84 Å². The predicted octanol–water partition coefficient (Wildman–Crippen LogP) is 0.423. The number of sulfone groups is 1. The fourth-order valence-electron chi connectivity index (χ4n) is 0.614. The van der Waals surface area contributed by atoms with Crippen LogP contribution in [0.5, 0.6) is 0 Å². The van der Waals surface area contributed by atoms with Gasteiger partial charge in [0, 0.05) is 0 Å². The van der Waals surface area contributed by atoms with Gasteiger partial charge < -0.3 is 5.11 Å². The molecule has 1 heterocycles. The zero-order valence-electron chi connectivity index (χ0n) is 4.46. The maximum absolute atomic E-state index is 10.6. The molecular formula is C4H5ClO3S. The van der Waals surface area contributed by atoms with Crippen molar-refractivity contribution < 1.29 is 13.5 Å². The molecule has 1 aliphatic heterocycles. The van der Waals surface area contributed by atoms with Crippen LogP contribution in [0.2, 0.25) is 0 Å². The van der Waals surface area contributed by atoms with E-state index in [1.54, 1.807) is 0 Å². The average Bonchev–Trinajstić information content (AvgIpc) is 1.79. The second-order valence-electron chi connectivity index (χ2n) is 1.88. The molecule has 0 amide bonds. The Labute approximate surface area is 57.9 Å². The SMILES string of the molecule is O=S1(=O)CC(O)=C(Cl)C1. The van der Waals surface area contributed by atoms with Gasteiger partial charge in [0.05, 0.1) is 10.8 Å². The van der Waals surface area contributed by atoms with E-state index in [1.165, 1.54) is 0 Å². The van der Waals surface area contributed by atoms with Crippen molar-refractivity contribution in [3.63, 3.8) is 0 Å². The zero-order valence-corrected chi connectivity index (χ0v) is 6.04. The largest absolute Gasteiger partial charge is 0.510 e. The summed E-state index contributed by atoms with van der Waals surface area (Å²) in [6, 6.07) is 0. The Balaban J connectivity index is 2.95. The summed E-state index contributed by atoms with van der Waals surface area (Å²) in [7, 11) is -3.10. The van der Waals surface area contributed by atoms with Crippen LogP contribution < -0.4 is 0 Å². The Morgan fingerprint density at radius 2 is 2.00 bits per heavy atom. The minimum atomic E-state index is -3.10. The van der Waals surface area contributed by atoms with Crippen molar-refractivity contribution in [3.8, 4) is 0 Å². The van der Waals surface area contributed by atoms with Crippen LogP contribution in [0.25, 0.3) is 0 Å².